The highest BCUT2D eigenvalue weighted by atomic mass is 35.5. The van der Waals surface area contributed by atoms with Crippen molar-refractivity contribution >= 4 is 46.6 Å². The number of anilines is 1. The van der Waals surface area contributed by atoms with E-state index in [1.807, 2.05) is 37.3 Å². The van der Waals surface area contributed by atoms with Gasteiger partial charge in [-0.3, -0.25) is 9.69 Å². The molecule has 6 heteroatoms. The molecule has 23 heavy (non-hydrogen) atoms. The van der Waals surface area contributed by atoms with E-state index in [-0.39, 0.29) is 11.3 Å². The zero-order chi connectivity index (χ0) is 16.4. The summed E-state index contributed by atoms with van der Waals surface area (Å²) < 4.78 is 5.45. The first-order valence-electron chi connectivity index (χ1n) is 7.21. The molecule has 0 bridgehead atoms. The number of nitrogens with zero attached hydrogens (tertiary/aromatic N) is 1. The Morgan fingerprint density at radius 2 is 1.96 bits per heavy atom. The van der Waals surface area contributed by atoms with Crippen molar-refractivity contribution in [1.82, 2.24) is 0 Å². The second-order valence-electron chi connectivity index (χ2n) is 5.02. The van der Waals surface area contributed by atoms with Gasteiger partial charge in [0.1, 0.15) is 11.1 Å². The van der Waals surface area contributed by atoms with Gasteiger partial charge in [-0.15, -0.1) is 11.8 Å². The van der Waals surface area contributed by atoms with E-state index >= 15 is 0 Å². The summed E-state index contributed by atoms with van der Waals surface area (Å²) in [6.07, 6.45) is 0. The highest BCUT2D eigenvalue weighted by molar-refractivity contribution is 8.00. The third-order valence-corrected chi connectivity index (χ3v) is 5.28. The molecule has 2 aromatic rings. The molecule has 120 valence electrons. The third kappa shape index (κ3) is 3.44. The van der Waals surface area contributed by atoms with Crippen LogP contribution in [0.4, 0.5) is 5.69 Å². The monoisotopic (exact) mass is 367 g/mol. The van der Waals surface area contributed by atoms with Crippen LogP contribution in [0.25, 0.3) is 0 Å². The van der Waals surface area contributed by atoms with E-state index in [9.17, 15) is 4.79 Å². The van der Waals surface area contributed by atoms with E-state index in [1.54, 1.807) is 28.8 Å². The summed E-state index contributed by atoms with van der Waals surface area (Å²) in [5.74, 6) is 1.28. The summed E-state index contributed by atoms with van der Waals surface area (Å²) in [7, 11) is 0. The molecular formula is C17H15Cl2NO2S. The number of carbonyl (C=O) groups is 1. The largest absolute Gasteiger partial charge is 0.494 e. The third-order valence-electron chi connectivity index (χ3n) is 3.52. The van der Waals surface area contributed by atoms with Gasteiger partial charge in [-0.1, -0.05) is 29.3 Å². The van der Waals surface area contributed by atoms with Crippen molar-refractivity contribution in [3.63, 3.8) is 0 Å². The van der Waals surface area contributed by atoms with E-state index < -0.39 is 0 Å². The molecule has 0 radical (unpaired) electrons. The molecule has 0 spiro atoms. The highest BCUT2D eigenvalue weighted by Crippen LogP contribution is 2.44. The maximum atomic E-state index is 12.4. The molecule has 1 atom stereocenters. The van der Waals surface area contributed by atoms with Crippen LogP contribution in [0.3, 0.4) is 0 Å². The Bertz CT molecular complexity index is 721. The molecule has 3 rings (SSSR count). The summed E-state index contributed by atoms with van der Waals surface area (Å²) >= 11 is 13.8. The van der Waals surface area contributed by atoms with Gasteiger partial charge in [0.25, 0.3) is 0 Å². The average Bonchev–Trinajstić information content (AvgIpc) is 2.90. The van der Waals surface area contributed by atoms with Crippen molar-refractivity contribution in [1.29, 1.82) is 0 Å². The maximum absolute atomic E-state index is 12.4. The molecule has 1 fully saturated rings. The Balaban J connectivity index is 1.93. The predicted octanol–water partition coefficient (Wildman–Crippen LogP) is 5.17. The summed E-state index contributed by atoms with van der Waals surface area (Å²) in [5.41, 5.74) is 1.72. The first-order chi connectivity index (χ1) is 11.1. The van der Waals surface area contributed by atoms with Gasteiger partial charge in [0.05, 0.1) is 12.4 Å². The van der Waals surface area contributed by atoms with E-state index in [2.05, 4.69) is 0 Å². The number of benzene rings is 2. The molecule has 1 unspecified atom stereocenters. The molecule has 0 saturated carbocycles. The first-order valence-corrected chi connectivity index (χ1v) is 9.02. The SMILES string of the molecule is CCOc1ccc(N2C(=O)CSC2c2ccc(Cl)cc2Cl)cc1. The van der Waals surface area contributed by atoms with Gasteiger partial charge < -0.3 is 4.74 Å². The van der Waals surface area contributed by atoms with Crippen LogP contribution in [0.1, 0.15) is 17.9 Å². The van der Waals surface area contributed by atoms with Crippen molar-refractivity contribution in [3.8, 4) is 5.75 Å². The number of carbonyl (C=O) groups excluding carboxylic acids is 1. The number of thioether (sulfide) groups is 1. The Hall–Kier alpha value is -1.36. The minimum absolute atomic E-state index is 0.0650. The van der Waals surface area contributed by atoms with E-state index in [0.29, 0.717) is 22.4 Å². The van der Waals surface area contributed by atoms with Crippen LogP contribution in [0.5, 0.6) is 5.75 Å². The highest BCUT2D eigenvalue weighted by Gasteiger charge is 2.35. The zero-order valence-electron chi connectivity index (χ0n) is 12.5. The lowest BCUT2D eigenvalue weighted by atomic mass is 10.2. The van der Waals surface area contributed by atoms with Crippen LogP contribution in [0.2, 0.25) is 10.0 Å². The van der Waals surface area contributed by atoms with E-state index in [0.717, 1.165) is 17.0 Å². The Morgan fingerprint density at radius 3 is 2.61 bits per heavy atom. The van der Waals surface area contributed by atoms with Gasteiger partial charge in [-0.2, -0.15) is 0 Å². The first kappa shape index (κ1) is 16.5. The standard InChI is InChI=1S/C17H15Cl2NO2S/c1-2-22-13-6-4-12(5-7-13)20-16(21)10-23-17(20)14-8-3-11(18)9-15(14)19/h3-9,17H,2,10H2,1H3. The van der Waals surface area contributed by atoms with Gasteiger partial charge in [-0.25, -0.2) is 0 Å². The van der Waals surface area contributed by atoms with Gasteiger partial charge in [-0.05, 0) is 43.3 Å². The molecule has 1 amide bonds. The van der Waals surface area contributed by atoms with Crippen LogP contribution < -0.4 is 9.64 Å². The van der Waals surface area contributed by atoms with Gasteiger partial charge >= 0.3 is 0 Å². The molecule has 1 aliphatic rings. The van der Waals surface area contributed by atoms with Gasteiger partial charge in [0.15, 0.2) is 0 Å². The van der Waals surface area contributed by atoms with Crippen LogP contribution in [-0.4, -0.2) is 18.3 Å². The Kier molecular flexibility index (Phi) is 5.05. The van der Waals surface area contributed by atoms with Crippen molar-refractivity contribution in [2.24, 2.45) is 0 Å². The van der Waals surface area contributed by atoms with E-state index in [1.165, 1.54) is 0 Å². The van der Waals surface area contributed by atoms with E-state index in [4.69, 9.17) is 27.9 Å². The predicted molar refractivity (Wildman–Crippen MR) is 96.8 cm³/mol. The molecule has 0 N–H and O–H groups in total. The van der Waals surface area contributed by atoms with Crippen LogP contribution in [0.15, 0.2) is 42.5 Å². The van der Waals surface area contributed by atoms with Crippen molar-refractivity contribution in [2.75, 3.05) is 17.3 Å². The van der Waals surface area contributed by atoms with Crippen molar-refractivity contribution in [2.45, 2.75) is 12.3 Å². The molecule has 3 nitrogen and oxygen atoms in total. The minimum Gasteiger partial charge on any atom is -0.494 e. The Labute approximate surface area is 149 Å². The van der Waals surface area contributed by atoms with Crippen LogP contribution >= 0.6 is 35.0 Å². The lowest BCUT2D eigenvalue weighted by Crippen LogP contribution is -2.27. The molecular weight excluding hydrogens is 353 g/mol. The second-order valence-corrected chi connectivity index (χ2v) is 6.93. The molecule has 1 heterocycles. The summed E-state index contributed by atoms with van der Waals surface area (Å²) in [4.78, 5) is 14.1. The fourth-order valence-corrected chi connectivity index (χ4v) is 4.29. The maximum Gasteiger partial charge on any atom is 0.238 e. The van der Waals surface area contributed by atoms with Crippen molar-refractivity contribution in [3.05, 3.63) is 58.1 Å². The summed E-state index contributed by atoms with van der Waals surface area (Å²) in [5, 5.41) is 1.01. The molecule has 0 aliphatic carbocycles. The number of ether oxygens (including phenoxy) is 1. The molecule has 1 aliphatic heterocycles. The molecule has 1 saturated heterocycles. The minimum atomic E-state index is -0.148. The normalized spacial score (nSPS) is 17.6. The van der Waals surface area contributed by atoms with Gasteiger partial charge in [0.2, 0.25) is 5.91 Å². The Morgan fingerprint density at radius 1 is 1.22 bits per heavy atom. The fourth-order valence-electron chi connectivity index (χ4n) is 2.50. The van der Waals surface area contributed by atoms with Crippen LogP contribution in [0, 0.1) is 0 Å². The topological polar surface area (TPSA) is 29.5 Å². The van der Waals surface area contributed by atoms with Crippen LogP contribution in [-0.2, 0) is 4.79 Å². The average molecular weight is 368 g/mol. The lowest BCUT2D eigenvalue weighted by molar-refractivity contribution is -0.115. The molecule has 2 aromatic carbocycles. The van der Waals surface area contributed by atoms with Gasteiger partial charge in [0, 0.05) is 21.3 Å². The lowest BCUT2D eigenvalue weighted by Gasteiger charge is -2.25. The smallest absolute Gasteiger partial charge is 0.238 e. The zero-order valence-corrected chi connectivity index (χ0v) is 14.8. The number of rotatable bonds is 4. The van der Waals surface area contributed by atoms with Crippen molar-refractivity contribution < 1.29 is 9.53 Å². The molecule has 0 aromatic heterocycles. The number of hydrogen-bond acceptors (Lipinski definition) is 3. The quantitative estimate of drug-likeness (QED) is 0.746. The summed E-state index contributed by atoms with van der Waals surface area (Å²) in [6, 6.07) is 12.9. The number of hydrogen-bond donors (Lipinski definition) is 0. The number of halogens is 2. The second kappa shape index (κ2) is 7.04. The number of amides is 1. The fraction of sp³-hybridized carbons (Fsp3) is 0.235. The summed E-state index contributed by atoms with van der Waals surface area (Å²) in [6.45, 7) is 2.55.